The van der Waals surface area contributed by atoms with Crippen LogP contribution in [0.25, 0.3) is 0 Å². The van der Waals surface area contributed by atoms with Gasteiger partial charge < -0.3 is 4.57 Å². The van der Waals surface area contributed by atoms with Crippen molar-refractivity contribution in [2.75, 3.05) is 0 Å². The molecule has 1 aliphatic carbocycles. The third-order valence-electron chi connectivity index (χ3n) is 3.49. The van der Waals surface area contributed by atoms with E-state index in [1.54, 1.807) is 0 Å². The van der Waals surface area contributed by atoms with Crippen LogP contribution in [-0.4, -0.2) is 14.8 Å². The number of hydrogen-bond acceptors (Lipinski definition) is 2. The van der Waals surface area contributed by atoms with Gasteiger partial charge in [0.15, 0.2) is 4.77 Å². The van der Waals surface area contributed by atoms with E-state index >= 15 is 0 Å². The van der Waals surface area contributed by atoms with Crippen LogP contribution >= 0.6 is 12.2 Å². The Morgan fingerprint density at radius 1 is 1.40 bits per heavy atom. The van der Waals surface area contributed by atoms with Crippen LogP contribution in [0.15, 0.2) is 0 Å². The van der Waals surface area contributed by atoms with Crippen molar-refractivity contribution in [1.29, 1.82) is 0 Å². The predicted octanol–water partition coefficient (Wildman–Crippen LogP) is 3.25. The molecule has 0 unspecified atom stereocenters. The van der Waals surface area contributed by atoms with Crippen molar-refractivity contribution in [1.82, 2.24) is 14.8 Å². The normalized spacial score (nSPS) is 26.8. The van der Waals surface area contributed by atoms with Crippen LogP contribution in [0.5, 0.6) is 0 Å². The van der Waals surface area contributed by atoms with Gasteiger partial charge in [0.25, 0.3) is 0 Å². The zero-order valence-electron chi connectivity index (χ0n) is 9.49. The van der Waals surface area contributed by atoms with E-state index in [9.17, 15) is 0 Å². The van der Waals surface area contributed by atoms with Crippen molar-refractivity contribution in [2.24, 2.45) is 5.92 Å². The van der Waals surface area contributed by atoms with Gasteiger partial charge in [-0.05, 0) is 37.9 Å². The molecule has 4 heteroatoms. The van der Waals surface area contributed by atoms with Gasteiger partial charge in [0.1, 0.15) is 5.82 Å². The Hall–Kier alpha value is -0.640. The van der Waals surface area contributed by atoms with Crippen LogP contribution in [0.3, 0.4) is 0 Å². The average Bonchev–Trinajstić information content (AvgIpc) is 2.61. The Morgan fingerprint density at radius 3 is 2.67 bits per heavy atom. The maximum atomic E-state index is 5.21. The topological polar surface area (TPSA) is 33.6 Å². The Bertz CT molecular complexity index is 371. The molecular weight excluding hydrogens is 206 g/mol. The lowest BCUT2D eigenvalue weighted by atomic mass is 9.82. The van der Waals surface area contributed by atoms with Gasteiger partial charge in [0.05, 0.1) is 0 Å². The number of H-pyrrole nitrogens is 1. The van der Waals surface area contributed by atoms with Crippen molar-refractivity contribution in [2.45, 2.75) is 52.0 Å². The van der Waals surface area contributed by atoms with Crippen LogP contribution in [0, 0.1) is 10.7 Å². The number of nitrogens with one attached hydrogen (secondary N) is 1. The minimum atomic E-state index is 0.620. The lowest BCUT2D eigenvalue weighted by Gasteiger charge is -2.25. The maximum absolute atomic E-state index is 5.21. The lowest BCUT2D eigenvalue weighted by molar-refractivity contribution is 0.333. The first-order valence-electron chi connectivity index (χ1n) is 5.87. The molecule has 1 aromatic rings. The first kappa shape index (κ1) is 10.9. The van der Waals surface area contributed by atoms with E-state index in [1.807, 2.05) is 0 Å². The van der Waals surface area contributed by atoms with Gasteiger partial charge in [0.2, 0.25) is 0 Å². The summed E-state index contributed by atoms with van der Waals surface area (Å²) in [6.07, 6.45) is 5.18. The Kier molecular flexibility index (Phi) is 3.24. The number of nitrogens with zero attached hydrogens (tertiary/aromatic N) is 2. The fraction of sp³-hybridized carbons (Fsp3) is 0.818. The Labute approximate surface area is 95.9 Å². The number of hydrogen-bond donors (Lipinski definition) is 1. The second-order valence-electron chi connectivity index (χ2n) is 4.59. The van der Waals surface area contributed by atoms with Crippen molar-refractivity contribution in [3.8, 4) is 0 Å². The molecule has 1 fully saturated rings. The molecule has 0 amide bonds. The average molecular weight is 225 g/mol. The van der Waals surface area contributed by atoms with Gasteiger partial charge in [-0.1, -0.05) is 19.8 Å². The molecule has 3 nitrogen and oxygen atoms in total. The minimum absolute atomic E-state index is 0.620. The van der Waals surface area contributed by atoms with Gasteiger partial charge in [-0.15, -0.1) is 0 Å². The van der Waals surface area contributed by atoms with E-state index < -0.39 is 0 Å². The molecule has 1 heterocycles. The fourth-order valence-electron chi connectivity index (χ4n) is 2.47. The van der Waals surface area contributed by atoms with Crippen LogP contribution in [0.1, 0.15) is 51.3 Å². The molecule has 1 aliphatic rings. The molecule has 2 rings (SSSR count). The fourth-order valence-corrected chi connectivity index (χ4v) is 2.73. The third kappa shape index (κ3) is 2.14. The molecule has 0 spiro atoms. The van der Waals surface area contributed by atoms with Crippen molar-refractivity contribution in [3.63, 3.8) is 0 Å². The van der Waals surface area contributed by atoms with Crippen LogP contribution in [0.4, 0.5) is 0 Å². The Morgan fingerprint density at radius 2 is 2.07 bits per heavy atom. The standard InChI is InChI=1S/C11H19N3S/c1-3-14-10(12-13-11(14)15)9-6-4-8(2)5-7-9/h8-9H,3-7H2,1-2H3,(H,13,15). The summed E-state index contributed by atoms with van der Waals surface area (Å²) in [5.41, 5.74) is 0. The molecule has 0 bridgehead atoms. The second-order valence-corrected chi connectivity index (χ2v) is 4.97. The quantitative estimate of drug-likeness (QED) is 0.784. The molecule has 0 aromatic carbocycles. The molecule has 1 N–H and O–H groups in total. The summed E-state index contributed by atoms with van der Waals surface area (Å²) < 4.78 is 2.90. The Balaban J connectivity index is 2.19. The molecule has 15 heavy (non-hydrogen) atoms. The zero-order chi connectivity index (χ0) is 10.8. The largest absolute Gasteiger partial charge is 0.304 e. The summed E-state index contributed by atoms with van der Waals surface area (Å²) in [6, 6.07) is 0. The number of aromatic nitrogens is 3. The molecule has 84 valence electrons. The highest BCUT2D eigenvalue weighted by atomic mass is 32.1. The minimum Gasteiger partial charge on any atom is -0.304 e. The lowest BCUT2D eigenvalue weighted by Crippen LogP contribution is -2.15. The zero-order valence-corrected chi connectivity index (χ0v) is 10.3. The van der Waals surface area contributed by atoms with Crippen LogP contribution < -0.4 is 0 Å². The molecule has 0 atom stereocenters. The number of aromatic amines is 1. The van der Waals surface area contributed by atoms with E-state index in [0.29, 0.717) is 5.92 Å². The molecule has 1 aromatic heterocycles. The van der Waals surface area contributed by atoms with E-state index in [0.717, 1.165) is 17.2 Å². The van der Waals surface area contributed by atoms with Crippen molar-refractivity contribution >= 4 is 12.2 Å². The maximum Gasteiger partial charge on any atom is 0.195 e. The van der Waals surface area contributed by atoms with Gasteiger partial charge in [-0.25, -0.2) is 0 Å². The van der Waals surface area contributed by atoms with Gasteiger partial charge in [-0.2, -0.15) is 5.10 Å². The molecule has 1 saturated carbocycles. The van der Waals surface area contributed by atoms with Crippen LogP contribution in [-0.2, 0) is 6.54 Å². The highest BCUT2D eigenvalue weighted by Gasteiger charge is 2.23. The van der Waals surface area contributed by atoms with E-state index in [1.165, 1.54) is 31.5 Å². The van der Waals surface area contributed by atoms with E-state index in [-0.39, 0.29) is 0 Å². The molecule has 0 aliphatic heterocycles. The summed E-state index contributed by atoms with van der Waals surface area (Å²) in [5, 5.41) is 7.29. The summed E-state index contributed by atoms with van der Waals surface area (Å²) in [5.74, 6) is 2.68. The SMILES string of the molecule is CCn1c(C2CCC(C)CC2)n[nH]c1=S. The molecule has 0 saturated heterocycles. The predicted molar refractivity (Wildman–Crippen MR) is 63.5 cm³/mol. The van der Waals surface area contributed by atoms with E-state index in [4.69, 9.17) is 12.2 Å². The first-order chi connectivity index (χ1) is 7.22. The highest BCUT2D eigenvalue weighted by molar-refractivity contribution is 7.71. The highest BCUT2D eigenvalue weighted by Crippen LogP contribution is 2.34. The van der Waals surface area contributed by atoms with Crippen LogP contribution in [0.2, 0.25) is 0 Å². The first-order valence-corrected chi connectivity index (χ1v) is 6.28. The van der Waals surface area contributed by atoms with Gasteiger partial charge in [0, 0.05) is 12.5 Å². The monoisotopic (exact) mass is 225 g/mol. The van der Waals surface area contributed by atoms with Crippen molar-refractivity contribution in [3.05, 3.63) is 10.6 Å². The van der Waals surface area contributed by atoms with Gasteiger partial charge in [-0.3, -0.25) is 5.10 Å². The van der Waals surface area contributed by atoms with Gasteiger partial charge >= 0.3 is 0 Å². The summed E-state index contributed by atoms with van der Waals surface area (Å²) >= 11 is 5.21. The smallest absolute Gasteiger partial charge is 0.195 e. The molecule has 0 radical (unpaired) electrons. The molecular formula is C11H19N3S. The second kappa shape index (κ2) is 4.47. The third-order valence-corrected chi connectivity index (χ3v) is 3.80. The summed E-state index contributed by atoms with van der Waals surface area (Å²) in [6.45, 7) is 5.39. The number of rotatable bonds is 2. The summed E-state index contributed by atoms with van der Waals surface area (Å²) in [7, 11) is 0. The summed E-state index contributed by atoms with van der Waals surface area (Å²) in [4.78, 5) is 0. The van der Waals surface area contributed by atoms with Crippen molar-refractivity contribution < 1.29 is 0 Å². The van der Waals surface area contributed by atoms with E-state index in [2.05, 4.69) is 28.6 Å².